The standard InChI is InChI=1S/C25H35N5O8/c1-13(2)9-16(26)22(34)30-20(12-31)24(36)29-19(10-14-11-27-17-6-4-3-5-15(14)17)23(35)28-18(25(37)38)7-8-21(32)33/h3-6,11,13,16,18-20,27,31H,7-10,12,26H2,1-2H3,(H,28,35)(H,29,36)(H,30,34)(H,32,33)(H,37,38). The van der Waals surface area contributed by atoms with Crippen LogP contribution >= 0.6 is 0 Å². The van der Waals surface area contributed by atoms with Gasteiger partial charge in [-0.05, 0) is 30.4 Å². The Morgan fingerprint density at radius 3 is 2.13 bits per heavy atom. The molecule has 4 atom stereocenters. The second kappa shape index (κ2) is 14.1. The molecule has 2 rings (SSSR count). The minimum atomic E-state index is -1.51. The lowest BCUT2D eigenvalue weighted by molar-refractivity contribution is -0.143. The largest absolute Gasteiger partial charge is 0.481 e. The van der Waals surface area contributed by atoms with Gasteiger partial charge < -0.3 is 42.0 Å². The zero-order valence-electron chi connectivity index (χ0n) is 21.3. The molecule has 3 amide bonds. The van der Waals surface area contributed by atoms with E-state index in [0.29, 0.717) is 12.0 Å². The number of aromatic nitrogens is 1. The highest BCUT2D eigenvalue weighted by atomic mass is 16.4. The van der Waals surface area contributed by atoms with E-state index in [1.807, 2.05) is 26.0 Å². The van der Waals surface area contributed by atoms with Crippen molar-refractivity contribution in [1.29, 1.82) is 0 Å². The summed E-state index contributed by atoms with van der Waals surface area (Å²) < 4.78 is 0. The fraction of sp³-hybridized carbons (Fsp3) is 0.480. The van der Waals surface area contributed by atoms with Crippen molar-refractivity contribution in [3.63, 3.8) is 0 Å². The lowest BCUT2D eigenvalue weighted by Gasteiger charge is -2.24. The van der Waals surface area contributed by atoms with Gasteiger partial charge in [-0.25, -0.2) is 4.79 Å². The Labute approximate surface area is 219 Å². The summed E-state index contributed by atoms with van der Waals surface area (Å²) in [6.45, 7) is 2.97. The van der Waals surface area contributed by atoms with Crippen LogP contribution in [-0.4, -0.2) is 80.7 Å². The third-order valence-electron chi connectivity index (χ3n) is 5.87. The predicted octanol–water partition coefficient (Wildman–Crippen LogP) is -0.520. The van der Waals surface area contributed by atoms with E-state index in [4.69, 9.17) is 10.8 Å². The van der Waals surface area contributed by atoms with Gasteiger partial charge in [-0.3, -0.25) is 19.2 Å². The molecule has 0 saturated carbocycles. The Hall–Kier alpha value is -3.97. The van der Waals surface area contributed by atoms with Crippen molar-refractivity contribution >= 4 is 40.6 Å². The number of nitrogens with two attached hydrogens (primary N) is 1. The van der Waals surface area contributed by atoms with Gasteiger partial charge in [0.05, 0.1) is 12.6 Å². The maximum atomic E-state index is 13.1. The predicted molar refractivity (Wildman–Crippen MR) is 137 cm³/mol. The second-order valence-electron chi connectivity index (χ2n) is 9.44. The zero-order valence-corrected chi connectivity index (χ0v) is 21.3. The van der Waals surface area contributed by atoms with Gasteiger partial charge in [-0.15, -0.1) is 0 Å². The maximum absolute atomic E-state index is 13.1. The lowest BCUT2D eigenvalue weighted by atomic mass is 10.0. The lowest BCUT2D eigenvalue weighted by Crippen LogP contribution is -2.58. The Morgan fingerprint density at radius 1 is 0.921 bits per heavy atom. The molecule has 0 fully saturated rings. The van der Waals surface area contributed by atoms with Crippen LogP contribution in [0.4, 0.5) is 0 Å². The molecule has 1 heterocycles. The summed E-state index contributed by atoms with van der Waals surface area (Å²) in [5.74, 6) is -4.95. The number of fused-ring (bicyclic) bond motifs is 1. The third kappa shape index (κ3) is 8.85. The molecule has 0 aliphatic heterocycles. The maximum Gasteiger partial charge on any atom is 0.326 e. The molecule has 13 heteroatoms. The Kier molecular flexibility index (Phi) is 11.2. The van der Waals surface area contributed by atoms with Crippen LogP contribution in [0.2, 0.25) is 0 Å². The first-order valence-electron chi connectivity index (χ1n) is 12.2. The number of hydrogen-bond acceptors (Lipinski definition) is 7. The van der Waals surface area contributed by atoms with Crippen LogP contribution in [0, 0.1) is 5.92 Å². The van der Waals surface area contributed by atoms with Crippen LogP contribution in [0.15, 0.2) is 30.5 Å². The number of rotatable bonds is 15. The summed E-state index contributed by atoms with van der Waals surface area (Å²) in [4.78, 5) is 64.1. The first-order valence-corrected chi connectivity index (χ1v) is 12.2. The Bertz CT molecular complexity index is 1150. The van der Waals surface area contributed by atoms with Crippen LogP contribution in [-0.2, 0) is 30.4 Å². The van der Waals surface area contributed by atoms with E-state index in [1.165, 1.54) is 0 Å². The Morgan fingerprint density at radius 2 is 1.53 bits per heavy atom. The normalized spacial score (nSPS) is 14.3. The number of carboxylic acid groups (broad SMARTS) is 2. The number of aliphatic hydroxyl groups is 1. The average molecular weight is 534 g/mol. The number of benzene rings is 1. The number of H-pyrrole nitrogens is 1. The van der Waals surface area contributed by atoms with E-state index in [-0.39, 0.29) is 18.8 Å². The summed E-state index contributed by atoms with van der Waals surface area (Å²) >= 11 is 0. The molecule has 208 valence electrons. The monoisotopic (exact) mass is 533 g/mol. The van der Waals surface area contributed by atoms with Crippen molar-refractivity contribution in [2.75, 3.05) is 6.61 Å². The third-order valence-corrected chi connectivity index (χ3v) is 5.87. The van der Waals surface area contributed by atoms with Crippen molar-refractivity contribution in [1.82, 2.24) is 20.9 Å². The minimum Gasteiger partial charge on any atom is -0.481 e. The van der Waals surface area contributed by atoms with Crippen molar-refractivity contribution in [2.24, 2.45) is 11.7 Å². The number of carboxylic acids is 2. The topological polar surface area (TPSA) is 224 Å². The molecule has 0 aliphatic carbocycles. The molecule has 0 radical (unpaired) electrons. The zero-order chi connectivity index (χ0) is 28.4. The van der Waals surface area contributed by atoms with Gasteiger partial charge in [0, 0.05) is 29.9 Å². The molecule has 1 aromatic carbocycles. The van der Waals surface area contributed by atoms with E-state index < -0.39 is 66.9 Å². The van der Waals surface area contributed by atoms with E-state index in [2.05, 4.69) is 20.9 Å². The number of nitrogens with one attached hydrogen (secondary N) is 4. The van der Waals surface area contributed by atoms with Crippen LogP contribution < -0.4 is 21.7 Å². The number of carbonyl (C=O) groups is 5. The Balaban J connectivity index is 2.25. The molecule has 13 nitrogen and oxygen atoms in total. The van der Waals surface area contributed by atoms with Gasteiger partial charge >= 0.3 is 11.9 Å². The number of hydrogen-bond donors (Lipinski definition) is 8. The highest BCUT2D eigenvalue weighted by Crippen LogP contribution is 2.19. The molecule has 0 spiro atoms. The molecule has 9 N–H and O–H groups in total. The van der Waals surface area contributed by atoms with Gasteiger partial charge in [-0.1, -0.05) is 32.0 Å². The quantitative estimate of drug-likeness (QED) is 0.147. The number of para-hydroxylation sites is 1. The van der Waals surface area contributed by atoms with Crippen molar-refractivity contribution in [3.8, 4) is 0 Å². The second-order valence-corrected chi connectivity index (χ2v) is 9.44. The summed E-state index contributed by atoms with van der Waals surface area (Å²) in [5, 5.41) is 36.0. The molecule has 0 aliphatic rings. The highest BCUT2D eigenvalue weighted by molar-refractivity contribution is 5.95. The molecule has 1 aromatic heterocycles. The summed E-state index contributed by atoms with van der Waals surface area (Å²) in [6, 6.07) is 2.07. The van der Waals surface area contributed by atoms with Crippen molar-refractivity contribution < 1.29 is 39.3 Å². The molecule has 0 bridgehead atoms. The average Bonchev–Trinajstić information content (AvgIpc) is 3.26. The van der Waals surface area contributed by atoms with Gasteiger partial charge in [0.25, 0.3) is 0 Å². The van der Waals surface area contributed by atoms with Gasteiger partial charge in [0.15, 0.2) is 0 Å². The fourth-order valence-electron chi connectivity index (χ4n) is 3.89. The summed E-state index contributed by atoms with van der Waals surface area (Å²) in [5.41, 5.74) is 7.27. The van der Waals surface area contributed by atoms with E-state index in [1.54, 1.807) is 18.3 Å². The number of aliphatic hydroxyl groups excluding tert-OH is 1. The molecule has 4 unspecified atom stereocenters. The van der Waals surface area contributed by atoms with Crippen LogP contribution in [0.25, 0.3) is 10.9 Å². The summed E-state index contributed by atoms with van der Waals surface area (Å²) in [6.07, 6.45) is 1.07. The number of aliphatic carboxylic acids is 2. The number of carbonyl (C=O) groups excluding carboxylic acids is 3. The number of aromatic amines is 1. The highest BCUT2D eigenvalue weighted by Gasteiger charge is 2.31. The minimum absolute atomic E-state index is 0.0637. The molecule has 38 heavy (non-hydrogen) atoms. The molecular formula is C25H35N5O8. The molecule has 0 saturated heterocycles. The van der Waals surface area contributed by atoms with Crippen LogP contribution in [0.5, 0.6) is 0 Å². The molecular weight excluding hydrogens is 498 g/mol. The fourth-order valence-corrected chi connectivity index (χ4v) is 3.89. The van der Waals surface area contributed by atoms with Crippen LogP contribution in [0.1, 0.15) is 38.7 Å². The van der Waals surface area contributed by atoms with Crippen molar-refractivity contribution in [3.05, 3.63) is 36.0 Å². The number of amides is 3. The summed E-state index contributed by atoms with van der Waals surface area (Å²) in [7, 11) is 0. The van der Waals surface area contributed by atoms with Gasteiger partial charge in [0.1, 0.15) is 18.1 Å². The van der Waals surface area contributed by atoms with E-state index >= 15 is 0 Å². The first-order chi connectivity index (χ1) is 17.9. The smallest absolute Gasteiger partial charge is 0.326 e. The van der Waals surface area contributed by atoms with Gasteiger partial charge in [0.2, 0.25) is 17.7 Å². The van der Waals surface area contributed by atoms with Crippen molar-refractivity contribution in [2.45, 2.75) is 63.7 Å². The molecule has 2 aromatic rings. The SMILES string of the molecule is CC(C)CC(N)C(=O)NC(CO)C(=O)NC(Cc1c[nH]c2ccccc12)C(=O)NC(CCC(=O)O)C(=O)O. The van der Waals surface area contributed by atoms with E-state index in [9.17, 15) is 34.2 Å². The van der Waals surface area contributed by atoms with Gasteiger partial charge in [-0.2, -0.15) is 0 Å². The van der Waals surface area contributed by atoms with E-state index in [0.717, 1.165) is 10.9 Å². The van der Waals surface area contributed by atoms with Crippen LogP contribution in [0.3, 0.4) is 0 Å². The first kappa shape index (κ1) is 30.3.